The van der Waals surface area contributed by atoms with Gasteiger partial charge in [-0.15, -0.1) is 0 Å². The van der Waals surface area contributed by atoms with Crippen molar-refractivity contribution < 1.29 is 4.79 Å². The van der Waals surface area contributed by atoms with Crippen molar-refractivity contribution in [3.8, 4) is 0 Å². The highest BCUT2D eigenvalue weighted by molar-refractivity contribution is 5.94. The first-order chi connectivity index (χ1) is 14.9. The summed E-state index contributed by atoms with van der Waals surface area (Å²) in [5, 5.41) is 9.40. The molecule has 0 aliphatic heterocycles. The van der Waals surface area contributed by atoms with Crippen molar-refractivity contribution in [2.45, 2.75) is 46.3 Å². The molecular formula is C25H37N5O. The van der Waals surface area contributed by atoms with E-state index >= 15 is 0 Å². The van der Waals surface area contributed by atoms with E-state index in [9.17, 15) is 4.79 Å². The van der Waals surface area contributed by atoms with Gasteiger partial charge in [-0.2, -0.15) is 0 Å². The molecular weight excluding hydrogens is 386 g/mol. The number of guanidine groups is 1. The normalized spacial score (nSPS) is 11.6. The van der Waals surface area contributed by atoms with Gasteiger partial charge in [-0.1, -0.05) is 36.4 Å². The zero-order chi connectivity index (χ0) is 22.6. The predicted octanol–water partition coefficient (Wildman–Crippen LogP) is 3.18. The Morgan fingerprint density at radius 3 is 2.48 bits per heavy atom. The van der Waals surface area contributed by atoms with Crippen LogP contribution in [0, 0.1) is 0 Å². The van der Waals surface area contributed by atoms with Crippen LogP contribution in [-0.2, 0) is 19.5 Å². The highest BCUT2D eigenvalue weighted by Crippen LogP contribution is 2.13. The zero-order valence-corrected chi connectivity index (χ0v) is 19.5. The Morgan fingerprint density at radius 1 is 1.06 bits per heavy atom. The zero-order valence-electron chi connectivity index (χ0n) is 19.5. The summed E-state index contributed by atoms with van der Waals surface area (Å²) in [5.74, 6) is 0.739. The molecule has 0 heterocycles. The van der Waals surface area contributed by atoms with Crippen molar-refractivity contribution in [1.82, 2.24) is 20.9 Å². The van der Waals surface area contributed by atoms with Gasteiger partial charge in [-0.3, -0.25) is 9.69 Å². The molecule has 0 aliphatic carbocycles. The Bertz CT molecular complexity index is 862. The van der Waals surface area contributed by atoms with E-state index in [2.05, 4.69) is 72.9 Å². The first-order valence-corrected chi connectivity index (χ1v) is 11.0. The van der Waals surface area contributed by atoms with Crippen LogP contribution in [0.3, 0.4) is 0 Å². The van der Waals surface area contributed by atoms with E-state index in [-0.39, 0.29) is 5.91 Å². The second kappa shape index (κ2) is 12.7. The summed E-state index contributed by atoms with van der Waals surface area (Å²) in [6.45, 7) is 9.56. The molecule has 0 radical (unpaired) electrons. The summed E-state index contributed by atoms with van der Waals surface area (Å²) in [5.41, 5.74) is 4.35. The summed E-state index contributed by atoms with van der Waals surface area (Å²) in [6.07, 6.45) is 0.811. The van der Waals surface area contributed by atoms with Crippen LogP contribution in [0.1, 0.15) is 47.8 Å². The van der Waals surface area contributed by atoms with Gasteiger partial charge in [-0.05, 0) is 63.1 Å². The highest BCUT2D eigenvalue weighted by atomic mass is 16.1. The van der Waals surface area contributed by atoms with Crippen LogP contribution in [0.5, 0.6) is 0 Å². The van der Waals surface area contributed by atoms with E-state index in [1.165, 1.54) is 11.1 Å². The van der Waals surface area contributed by atoms with Crippen LogP contribution in [0.25, 0.3) is 0 Å². The average molecular weight is 424 g/mol. The van der Waals surface area contributed by atoms with Gasteiger partial charge in [0.15, 0.2) is 5.96 Å². The average Bonchev–Trinajstić information content (AvgIpc) is 2.77. The van der Waals surface area contributed by atoms with Crippen LogP contribution in [0.2, 0.25) is 0 Å². The van der Waals surface area contributed by atoms with Gasteiger partial charge in [0.2, 0.25) is 0 Å². The van der Waals surface area contributed by atoms with Gasteiger partial charge < -0.3 is 16.0 Å². The van der Waals surface area contributed by atoms with E-state index in [1.54, 1.807) is 7.05 Å². The molecule has 2 aromatic carbocycles. The number of rotatable bonds is 10. The monoisotopic (exact) mass is 423 g/mol. The number of nitrogens with one attached hydrogen (secondary N) is 3. The van der Waals surface area contributed by atoms with E-state index < -0.39 is 0 Å². The SMILES string of the molecule is CCNC(=NCc1ccccc1CN(C)C(C)C)NCCc1cccc(C(=O)NC)c1. The number of benzene rings is 2. The maximum Gasteiger partial charge on any atom is 0.251 e. The first-order valence-electron chi connectivity index (χ1n) is 11.0. The minimum absolute atomic E-state index is 0.0634. The molecule has 0 atom stereocenters. The lowest BCUT2D eigenvalue weighted by molar-refractivity contribution is 0.0963. The van der Waals surface area contributed by atoms with Crippen molar-refractivity contribution in [3.63, 3.8) is 0 Å². The molecule has 0 aromatic heterocycles. The minimum atomic E-state index is -0.0634. The number of hydrogen-bond donors (Lipinski definition) is 3. The molecule has 0 bridgehead atoms. The minimum Gasteiger partial charge on any atom is -0.357 e. The second-order valence-electron chi connectivity index (χ2n) is 7.93. The Morgan fingerprint density at radius 2 is 1.81 bits per heavy atom. The van der Waals surface area contributed by atoms with Crippen LogP contribution < -0.4 is 16.0 Å². The molecule has 3 N–H and O–H groups in total. The molecule has 2 aromatic rings. The Labute approximate surface area is 187 Å². The van der Waals surface area contributed by atoms with Gasteiger partial charge >= 0.3 is 0 Å². The number of aliphatic imine (C=N–C) groups is 1. The molecule has 2 rings (SSSR count). The fraction of sp³-hybridized carbons (Fsp3) is 0.440. The molecule has 0 spiro atoms. The Hall–Kier alpha value is -2.86. The van der Waals surface area contributed by atoms with Crippen molar-refractivity contribution in [1.29, 1.82) is 0 Å². The molecule has 1 amide bonds. The standard InChI is InChI=1S/C25H37N5O/c1-6-27-25(28-15-14-20-10-9-13-21(16-20)24(31)26-4)29-17-22-11-7-8-12-23(22)18-30(5)19(2)3/h7-13,16,19H,6,14-15,17-18H2,1-5H3,(H,26,31)(H2,27,28,29). The van der Waals surface area contributed by atoms with E-state index in [4.69, 9.17) is 4.99 Å². The molecule has 0 aliphatic rings. The number of hydrogen-bond acceptors (Lipinski definition) is 3. The van der Waals surface area contributed by atoms with Crippen molar-refractivity contribution in [2.24, 2.45) is 4.99 Å². The second-order valence-corrected chi connectivity index (χ2v) is 7.93. The predicted molar refractivity (Wildman–Crippen MR) is 129 cm³/mol. The highest BCUT2D eigenvalue weighted by Gasteiger charge is 2.08. The summed E-state index contributed by atoms with van der Waals surface area (Å²) >= 11 is 0. The van der Waals surface area contributed by atoms with Crippen molar-refractivity contribution in [2.75, 3.05) is 27.2 Å². The largest absolute Gasteiger partial charge is 0.357 e. The molecule has 31 heavy (non-hydrogen) atoms. The fourth-order valence-corrected chi connectivity index (χ4v) is 3.16. The summed E-state index contributed by atoms with van der Waals surface area (Å²) in [6, 6.07) is 16.7. The first kappa shape index (κ1) is 24.4. The lowest BCUT2D eigenvalue weighted by Crippen LogP contribution is -2.38. The Balaban J connectivity index is 1.99. The number of amides is 1. The summed E-state index contributed by atoms with van der Waals surface area (Å²) in [7, 11) is 3.80. The van der Waals surface area contributed by atoms with Gasteiger partial charge in [0.1, 0.15) is 0 Å². The number of carbonyl (C=O) groups is 1. The topological polar surface area (TPSA) is 68.8 Å². The van der Waals surface area contributed by atoms with Crippen LogP contribution in [-0.4, -0.2) is 50.0 Å². The maximum absolute atomic E-state index is 11.8. The van der Waals surface area contributed by atoms with Crippen LogP contribution >= 0.6 is 0 Å². The van der Waals surface area contributed by atoms with Crippen molar-refractivity contribution in [3.05, 3.63) is 70.8 Å². The summed E-state index contributed by atoms with van der Waals surface area (Å²) < 4.78 is 0. The maximum atomic E-state index is 11.8. The molecule has 168 valence electrons. The third-order valence-electron chi connectivity index (χ3n) is 5.29. The van der Waals surface area contributed by atoms with Gasteiger partial charge in [0.05, 0.1) is 6.54 Å². The third-order valence-corrected chi connectivity index (χ3v) is 5.29. The van der Waals surface area contributed by atoms with Crippen LogP contribution in [0.15, 0.2) is 53.5 Å². The molecule has 0 saturated heterocycles. The third kappa shape index (κ3) is 8.06. The van der Waals surface area contributed by atoms with E-state index in [0.717, 1.165) is 37.6 Å². The number of carbonyl (C=O) groups excluding carboxylic acids is 1. The van der Waals surface area contributed by atoms with Gasteiger partial charge in [-0.25, -0.2) is 4.99 Å². The van der Waals surface area contributed by atoms with Crippen molar-refractivity contribution >= 4 is 11.9 Å². The lowest BCUT2D eigenvalue weighted by atomic mass is 10.1. The molecule has 0 unspecified atom stereocenters. The quantitative estimate of drug-likeness (QED) is 0.406. The molecule has 0 saturated carbocycles. The van der Waals surface area contributed by atoms with Crippen LogP contribution in [0.4, 0.5) is 0 Å². The Kier molecular flexibility index (Phi) is 10.0. The summed E-state index contributed by atoms with van der Waals surface area (Å²) in [4.78, 5) is 19.0. The van der Waals surface area contributed by atoms with E-state index in [0.29, 0.717) is 18.2 Å². The molecule has 0 fully saturated rings. The molecule has 6 nitrogen and oxygen atoms in total. The smallest absolute Gasteiger partial charge is 0.251 e. The van der Waals surface area contributed by atoms with E-state index in [1.807, 2.05) is 24.3 Å². The number of nitrogens with zero attached hydrogens (tertiary/aromatic N) is 2. The fourth-order valence-electron chi connectivity index (χ4n) is 3.16. The molecule has 6 heteroatoms. The van der Waals surface area contributed by atoms with Gasteiger partial charge in [0, 0.05) is 38.3 Å². The lowest BCUT2D eigenvalue weighted by Gasteiger charge is -2.22. The van der Waals surface area contributed by atoms with Gasteiger partial charge in [0.25, 0.3) is 5.91 Å².